The zero-order valence-electron chi connectivity index (χ0n) is 10.5. The Balaban J connectivity index is 2.14. The monoisotopic (exact) mass is 324 g/mol. The van der Waals surface area contributed by atoms with Gasteiger partial charge in [-0.25, -0.2) is 4.79 Å². The molecule has 0 aliphatic rings. The van der Waals surface area contributed by atoms with Gasteiger partial charge in [0.05, 0.1) is 0 Å². The maximum absolute atomic E-state index is 11.2. The third-order valence-electron chi connectivity index (χ3n) is 2.49. The van der Waals surface area contributed by atoms with Gasteiger partial charge in [0.15, 0.2) is 0 Å². The van der Waals surface area contributed by atoms with Gasteiger partial charge in [-0.3, -0.25) is 0 Å². The van der Waals surface area contributed by atoms with Crippen LogP contribution in [0, 0.1) is 0 Å². The maximum atomic E-state index is 11.2. The Morgan fingerprint density at radius 2 is 2.05 bits per heavy atom. The van der Waals surface area contributed by atoms with E-state index >= 15 is 0 Å². The van der Waals surface area contributed by atoms with Crippen LogP contribution >= 0.6 is 15.9 Å². The lowest BCUT2D eigenvalue weighted by atomic mass is 10.2. The van der Waals surface area contributed by atoms with Crippen molar-refractivity contribution < 1.29 is 9.32 Å². The number of urea groups is 1. The fourth-order valence-corrected chi connectivity index (χ4v) is 1.72. The summed E-state index contributed by atoms with van der Waals surface area (Å²) < 4.78 is 6.12. The van der Waals surface area contributed by atoms with Crippen LogP contribution in [0.15, 0.2) is 33.3 Å². The van der Waals surface area contributed by atoms with E-state index in [2.05, 4.69) is 36.7 Å². The molecular weight excluding hydrogens is 312 g/mol. The molecule has 1 aromatic carbocycles. The number of rotatable bonds is 3. The Kier molecular flexibility index (Phi) is 4.16. The van der Waals surface area contributed by atoms with Crippen LogP contribution < -0.4 is 10.6 Å². The molecule has 100 valence electrons. The predicted molar refractivity (Wildman–Crippen MR) is 73.4 cm³/mol. The number of hydrogen-bond acceptors (Lipinski definition) is 4. The third kappa shape index (κ3) is 3.31. The smallest absolute Gasteiger partial charge is 0.315 e. The van der Waals surface area contributed by atoms with Crippen molar-refractivity contribution in [2.24, 2.45) is 0 Å². The van der Waals surface area contributed by atoms with E-state index in [0.29, 0.717) is 11.7 Å². The number of benzene rings is 1. The summed E-state index contributed by atoms with van der Waals surface area (Å²) in [6.07, 6.45) is 0. The molecule has 0 radical (unpaired) electrons. The van der Waals surface area contributed by atoms with E-state index in [4.69, 9.17) is 4.52 Å². The number of amides is 2. The fourth-order valence-electron chi connectivity index (χ4n) is 1.46. The van der Waals surface area contributed by atoms with Crippen molar-refractivity contribution in [1.82, 2.24) is 20.8 Å². The van der Waals surface area contributed by atoms with Crippen LogP contribution in [0.25, 0.3) is 11.4 Å². The Morgan fingerprint density at radius 1 is 1.37 bits per heavy atom. The maximum Gasteiger partial charge on any atom is 0.315 e. The second kappa shape index (κ2) is 5.83. The first-order chi connectivity index (χ1) is 9.10. The number of hydrogen-bond donors (Lipinski definition) is 2. The van der Waals surface area contributed by atoms with E-state index in [9.17, 15) is 4.79 Å². The van der Waals surface area contributed by atoms with Gasteiger partial charge in [0.25, 0.3) is 0 Å². The zero-order chi connectivity index (χ0) is 13.8. The molecule has 0 unspecified atom stereocenters. The second-order valence-electron chi connectivity index (χ2n) is 3.91. The first-order valence-corrected chi connectivity index (χ1v) is 6.47. The summed E-state index contributed by atoms with van der Waals surface area (Å²) in [5, 5.41) is 9.03. The summed E-state index contributed by atoms with van der Waals surface area (Å²) >= 11 is 3.36. The van der Waals surface area contributed by atoms with Gasteiger partial charge in [0.1, 0.15) is 6.04 Å². The highest BCUT2D eigenvalue weighted by molar-refractivity contribution is 9.10. The summed E-state index contributed by atoms with van der Waals surface area (Å²) in [6.45, 7) is 1.77. The molecule has 0 aliphatic heterocycles. The lowest BCUT2D eigenvalue weighted by molar-refractivity contribution is 0.236. The van der Waals surface area contributed by atoms with Crippen LogP contribution in [0.2, 0.25) is 0 Å². The highest BCUT2D eigenvalue weighted by atomic mass is 79.9. The largest absolute Gasteiger partial charge is 0.341 e. The molecule has 19 heavy (non-hydrogen) atoms. The highest BCUT2D eigenvalue weighted by Crippen LogP contribution is 2.20. The van der Waals surface area contributed by atoms with Crippen LogP contribution in [0.5, 0.6) is 0 Å². The van der Waals surface area contributed by atoms with Gasteiger partial charge in [0, 0.05) is 17.1 Å². The normalized spacial score (nSPS) is 11.9. The van der Waals surface area contributed by atoms with E-state index in [1.807, 2.05) is 24.3 Å². The molecule has 2 amide bonds. The van der Waals surface area contributed by atoms with Gasteiger partial charge in [-0.15, -0.1) is 0 Å². The van der Waals surface area contributed by atoms with E-state index in [1.54, 1.807) is 14.0 Å². The lowest BCUT2D eigenvalue weighted by Crippen LogP contribution is -2.34. The summed E-state index contributed by atoms with van der Waals surface area (Å²) in [7, 11) is 1.54. The molecule has 1 aromatic heterocycles. The summed E-state index contributed by atoms with van der Waals surface area (Å²) in [5.41, 5.74) is 0.852. The minimum atomic E-state index is -0.350. The first-order valence-electron chi connectivity index (χ1n) is 5.68. The Hall–Kier alpha value is -1.89. The quantitative estimate of drug-likeness (QED) is 0.909. The van der Waals surface area contributed by atoms with Gasteiger partial charge >= 0.3 is 6.03 Å². The number of nitrogens with one attached hydrogen (secondary N) is 2. The molecule has 2 rings (SSSR count). The van der Waals surface area contributed by atoms with Crippen molar-refractivity contribution in [2.45, 2.75) is 13.0 Å². The molecule has 2 aromatic rings. The van der Waals surface area contributed by atoms with Gasteiger partial charge in [-0.05, 0) is 31.2 Å². The number of nitrogens with zero attached hydrogens (tertiary/aromatic N) is 2. The topological polar surface area (TPSA) is 80.0 Å². The molecule has 1 heterocycles. The van der Waals surface area contributed by atoms with Crippen LogP contribution in [0.1, 0.15) is 18.9 Å². The summed E-state index contributed by atoms with van der Waals surface area (Å²) in [5.74, 6) is 0.856. The predicted octanol–water partition coefficient (Wildman–Crippen LogP) is 2.49. The van der Waals surface area contributed by atoms with Gasteiger partial charge in [-0.2, -0.15) is 4.98 Å². The molecule has 0 saturated heterocycles. The van der Waals surface area contributed by atoms with Crippen LogP contribution in [0.4, 0.5) is 4.79 Å². The first kappa shape index (κ1) is 13.5. The number of carbonyl (C=O) groups is 1. The molecule has 7 heteroatoms. The van der Waals surface area contributed by atoms with Crippen molar-refractivity contribution in [1.29, 1.82) is 0 Å². The molecule has 2 N–H and O–H groups in total. The Labute approximate surface area is 118 Å². The van der Waals surface area contributed by atoms with Gasteiger partial charge < -0.3 is 15.2 Å². The zero-order valence-corrected chi connectivity index (χ0v) is 12.1. The molecule has 0 bridgehead atoms. The van der Waals surface area contributed by atoms with Crippen molar-refractivity contribution in [3.8, 4) is 11.4 Å². The minimum absolute atomic E-state index is 0.295. The molecule has 0 aliphatic carbocycles. The van der Waals surface area contributed by atoms with Crippen molar-refractivity contribution >= 4 is 22.0 Å². The summed E-state index contributed by atoms with van der Waals surface area (Å²) in [6, 6.07) is 6.92. The van der Waals surface area contributed by atoms with E-state index in [-0.39, 0.29) is 12.1 Å². The van der Waals surface area contributed by atoms with Crippen LogP contribution in [-0.2, 0) is 0 Å². The van der Waals surface area contributed by atoms with Gasteiger partial charge in [0.2, 0.25) is 11.7 Å². The second-order valence-corrected chi connectivity index (χ2v) is 4.82. The molecule has 0 fully saturated rings. The Bertz CT molecular complexity index is 567. The average Bonchev–Trinajstić information content (AvgIpc) is 2.89. The Morgan fingerprint density at radius 3 is 2.68 bits per heavy atom. The van der Waals surface area contributed by atoms with E-state index in [1.165, 1.54) is 0 Å². The van der Waals surface area contributed by atoms with Crippen LogP contribution in [-0.4, -0.2) is 23.2 Å². The average molecular weight is 325 g/mol. The number of halogens is 1. The molecule has 1 atom stereocenters. The molecule has 6 nitrogen and oxygen atoms in total. The molecule has 0 saturated carbocycles. The minimum Gasteiger partial charge on any atom is -0.341 e. The van der Waals surface area contributed by atoms with Crippen molar-refractivity contribution in [2.75, 3.05) is 7.05 Å². The standard InChI is InChI=1S/C12H13BrN4O2/c1-7(15-12(18)14-2)11-16-10(17-19-11)8-3-5-9(13)6-4-8/h3-7H,1-2H3,(H2,14,15,18)/t7-/m0/s1. The fraction of sp³-hybridized carbons (Fsp3) is 0.250. The summed E-state index contributed by atoms with van der Waals surface area (Å²) in [4.78, 5) is 15.5. The SMILES string of the molecule is CNC(=O)N[C@@H](C)c1nc(-c2ccc(Br)cc2)no1. The number of aromatic nitrogens is 2. The molecular formula is C12H13BrN4O2. The van der Waals surface area contributed by atoms with Crippen molar-refractivity contribution in [3.05, 3.63) is 34.6 Å². The van der Waals surface area contributed by atoms with E-state index in [0.717, 1.165) is 10.0 Å². The van der Waals surface area contributed by atoms with E-state index < -0.39 is 0 Å². The van der Waals surface area contributed by atoms with Crippen LogP contribution in [0.3, 0.4) is 0 Å². The molecule has 0 spiro atoms. The number of carbonyl (C=O) groups excluding carboxylic acids is 1. The third-order valence-corrected chi connectivity index (χ3v) is 3.02. The van der Waals surface area contributed by atoms with Gasteiger partial charge in [-0.1, -0.05) is 21.1 Å². The lowest BCUT2D eigenvalue weighted by Gasteiger charge is -2.07. The van der Waals surface area contributed by atoms with Crippen molar-refractivity contribution in [3.63, 3.8) is 0 Å². The highest BCUT2D eigenvalue weighted by Gasteiger charge is 2.16.